The first-order valence-electron chi connectivity index (χ1n) is 2.70. The standard InChI is InChI=1S/C3H6NO6P3/c5-11(6)1-4(2-12(7)8)3-13(9)10/h1-3H,(H,5,6)(H,7,8)(H,9,10). The first kappa shape index (κ1) is 13.2. The van der Waals surface area contributed by atoms with Crippen molar-refractivity contribution in [2.24, 2.45) is 0 Å². The average Bonchev–Trinajstić information content (AvgIpc) is 1.80. The summed E-state index contributed by atoms with van der Waals surface area (Å²) in [4.78, 5) is 56.4. The van der Waals surface area contributed by atoms with Gasteiger partial charge in [-0.15, -0.1) is 4.90 Å². The Kier molecular flexibility index (Phi) is 6.77. The Morgan fingerprint density at radius 1 is 0.769 bits per heavy atom. The maximum absolute atomic E-state index is 10.2. The van der Waals surface area contributed by atoms with Gasteiger partial charge < -0.3 is 14.7 Å². The highest BCUT2D eigenvalue weighted by atomic mass is 31.1. The van der Waals surface area contributed by atoms with E-state index in [1.165, 1.54) is 0 Å². The van der Waals surface area contributed by atoms with Crippen LogP contribution in [0.25, 0.3) is 0 Å². The van der Waals surface area contributed by atoms with Crippen LogP contribution in [0.1, 0.15) is 0 Å². The molecule has 0 heterocycles. The molecule has 74 valence electrons. The van der Waals surface area contributed by atoms with Crippen LogP contribution in [0, 0.1) is 0 Å². The molecule has 13 heavy (non-hydrogen) atoms. The molecule has 3 N–H and O–H groups in total. The average molecular weight is 245 g/mol. The smallest absolute Gasteiger partial charge is 0.230 e. The van der Waals surface area contributed by atoms with Gasteiger partial charge in [0.25, 0.3) is 0 Å². The lowest BCUT2D eigenvalue weighted by atomic mass is 11.0. The molecular weight excluding hydrogens is 239 g/mol. The molecule has 0 fully saturated rings. The molecule has 0 radical (unpaired) electrons. The molecule has 0 rings (SSSR count). The van der Waals surface area contributed by atoms with Gasteiger partial charge in [-0.25, -0.2) is 0 Å². The number of nitrogens with zero attached hydrogens (tertiary/aromatic N) is 1. The second-order valence-electron chi connectivity index (χ2n) is 1.70. The number of hydrogen-bond donors (Lipinski definition) is 3. The molecule has 0 aromatic carbocycles. The van der Waals surface area contributed by atoms with E-state index in [1.54, 1.807) is 0 Å². The monoisotopic (exact) mass is 245 g/mol. The van der Waals surface area contributed by atoms with Crippen molar-refractivity contribution in [3.63, 3.8) is 0 Å². The minimum absolute atomic E-state index is 0.621. The van der Waals surface area contributed by atoms with E-state index in [1.807, 2.05) is 0 Å². The van der Waals surface area contributed by atoms with Crippen LogP contribution in [0.4, 0.5) is 0 Å². The van der Waals surface area contributed by atoms with Crippen molar-refractivity contribution in [3.8, 4) is 0 Å². The lowest BCUT2D eigenvalue weighted by Crippen LogP contribution is -2.20. The normalized spacial score (nSPS) is 15.5. The summed E-state index contributed by atoms with van der Waals surface area (Å²) >= 11 is 0. The minimum Gasteiger partial charge on any atom is -0.602 e. The van der Waals surface area contributed by atoms with E-state index < -0.39 is 24.0 Å². The van der Waals surface area contributed by atoms with Crippen LogP contribution in [0.2, 0.25) is 0 Å². The topological polar surface area (TPSA) is 133 Å². The summed E-state index contributed by atoms with van der Waals surface area (Å²) in [5.41, 5.74) is 0. The molecule has 0 bridgehead atoms. The summed E-state index contributed by atoms with van der Waals surface area (Å²) in [6.07, 6.45) is 0. The van der Waals surface area contributed by atoms with Crippen LogP contribution >= 0.6 is 24.0 Å². The molecule has 0 aliphatic carbocycles. The Bertz CT molecular complexity index is 207. The zero-order valence-corrected chi connectivity index (χ0v) is 8.77. The second kappa shape index (κ2) is 6.65. The van der Waals surface area contributed by atoms with E-state index in [2.05, 4.69) is 0 Å². The van der Waals surface area contributed by atoms with Crippen LogP contribution in [0.15, 0.2) is 0 Å². The van der Waals surface area contributed by atoms with Crippen molar-refractivity contribution < 1.29 is 29.4 Å². The summed E-state index contributed by atoms with van der Waals surface area (Å²) in [6, 6.07) is 0. The molecule has 0 amide bonds. The zero-order chi connectivity index (χ0) is 10.4. The largest absolute Gasteiger partial charge is 0.602 e. The van der Waals surface area contributed by atoms with Gasteiger partial charge in [0.15, 0.2) is 17.8 Å². The number of rotatable bonds is 3. The number of hydrogen-bond acceptors (Lipinski definition) is 6. The van der Waals surface area contributed by atoms with Gasteiger partial charge in [-0.2, -0.15) is 14.7 Å². The van der Waals surface area contributed by atoms with Gasteiger partial charge in [-0.05, 0) is 0 Å². The maximum atomic E-state index is 10.2. The molecule has 7 nitrogen and oxygen atoms in total. The SMILES string of the molecule is [O-][P+](O)=CN(C=[P+]([O-])O)C=[P+]([O-])O. The second-order valence-corrected chi connectivity index (χ2v) is 4.21. The molecule has 0 saturated carbocycles. The molecule has 3 atom stereocenters. The van der Waals surface area contributed by atoms with Crippen LogP contribution in [-0.2, 0) is 0 Å². The van der Waals surface area contributed by atoms with Crippen molar-refractivity contribution in [1.82, 2.24) is 4.90 Å². The van der Waals surface area contributed by atoms with Gasteiger partial charge in [-0.3, -0.25) is 0 Å². The minimum atomic E-state index is -2.69. The third-order valence-corrected chi connectivity index (χ3v) is 2.09. The molecule has 0 aromatic heterocycles. The first-order chi connectivity index (χ1) is 5.91. The molecule has 3 unspecified atom stereocenters. The van der Waals surface area contributed by atoms with Gasteiger partial charge in [-0.1, -0.05) is 0 Å². The van der Waals surface area contributed by atoms with Crippen molar-refractivity contribution in [2.45, 2.75) is 0 Å². The van der Waals surface area contributed by atoms with Crippen molar-refractivity contribution in [2.75, 3.05) is 0 Å². The van der Waals surface area contributed by atoms with Gasteiger partial charge >= 0.3 is 0 Å². The van der Waals surface area contributed by atoms with Crippen LogP contribution in [0.5, 0.6) is 0 Å². The highest BCUT2D eigenvalue weighted by Crippen LogP contribution is 2.07. The molecule has 0 aliphatic heterocycles. The van der Waals surface area contributed by atoms with E-state index in [4.69, 9.17) is 14.7 Å². The van der Waals surface area contributed by atoms with Crippen molar-refractivity contribution in [3.05, 3.63) is 0 Å². The fraction of sp³-hybridized carbons (Fsp3) is 0. The summed E-state index contributed by atoms with van der Waals surface area (Å²) < 4.78 is 0. The third kappa shape index (κ3) is 8.56. The van der Waals surface area contributed by atoms with E-state index >= 15 is 0 Å². The summed E-state index contributed by atoms with van der Waals surface area (Å²) in [5, 5.41) is 0. The van der Waals surface area contributed by atoms with Gasteiger partial charge in [0.1, 0.15) is 0 Å². The summed E-state index contributed by atoms with van der Waals surface area (Å²) in [6.45, 7) is 0. The van der Waals surface area contributed by atoms with E-state index in [0.717, 1.165) is 0 Å². The summed E-state index contributed by atoms with van der Waals surface area (Å²) in [7, 11) is -8.08. The Labute approximate surface area is 76.8 Å². The highest BCUT2D eigenvalue weighted by Gasteiger charge is 2.07. The quantitative estimate of drug-likeness (QED) is 0.440. The van der Waals surface area contributed by atoms with Crippen LogP contribution in [0.3, 0.4) is 0 Å². The maximum Gasteiger partial charge on any atom is 0.230 e. The molecule has 0 saturated heterocycles. The van der Waals surface area contributed by atoms with Gasteiger partial charge in [0.05, 0.1) is 0 Å². The fourth-order valence-electron chi connectivity index (χ4n) is 0.432. The molecule has 0 aromatic rings. The first-order valence-corrected chi connectivity index (χ1v) is 6.54. The van der Waals surface area contributed by atoms with E-state index in [0.29, 0.717) is 22.7 Å². The van der Waals surface area contributed by atoms with Crippen LogP contribution in [-0.4, -0.2) is 37.3 Å². The van der Waals surface area contributed by atoms with E-state index in [-0.39, 0.29) is 0 Å². The Morgan fingerprint density at radius 2 is 1.00 bits per heavy atom. The fourth-order valence-corrected chi connectivity index (χ4v) is 1.83. The Balaban J connectivity index is 4.68. The van der Waals surface area contributed by atoms with Gasteiger partial charge in [0, 0.05) is 0 Å². The zero-order valence-electron chi connectivity index (χ0n) is 6.09. The third-order valence-electron chi connectivity index (χ3n) is 0.696. The van der Waals surface area contributed by atoms with Crippen molar-refractivity contribution in [1.29, 1.82) is 0 Å². The Morgan fingerprint density at radius 3 is 1.15 bits per heavy atom. The lowest BCUT2D eigenvalue weighted by Gasteiger charge is -1.97. The summed E-state index contributed by atoms with van der Waals surface area (Å²) in [5.74, 6) is 1.88. The van der Waals surface area contributed by atoms with E-state index in [9.17, 15) is 14.7 Å². The lowest BCUT2D eigenvalue weighted by molar-refractivity contribution is -0.168. The Hall–Kier alpha value is 0.230. The van der Waals surface area contributed by atoms with Crippen molar-refractivity contribution >= 4 is 41.8 Å². The molecule has 0 aliphatic rings. The highest BCUT2D eigenvalue weighted by molar-refractivity contribution is 7.47. The molecular formula is C3H6NO6P3. The van der Waals surface area contributed by atoms with Crippen LogP contribution < -0.4 is 14.7 Å². The van der Waals surface area contributed by atoms with Gasteiger partial charge in [0.2, 0.25) is 24.0 Å². The molecule has 10 heteroatoms. The molecule has 0 spiro atoms. The predicted molar refractivity (Wildman–Crippen MR) is 47.4 cm³/mol. The predicted octanol–water partition coefficient (Wildman–Crippen LogP) is -3.44.